The first-order chi connectivity index (χ1) is 7.99. The van der Waals surface area contributed by atoms with Gasteiger partial charge in [0.1, 0.15) is 11.9 Å². The van der Waals surface area contributed by atoms with Crippen molar-refractivity contribution < 1.29 is 4.74 Å². The molecule has 0 fully saturated rings. The molecule has 1 heteroatoms. The SMILES string of the molecule is C=C/C=C(/C)C1=C(C)C2(C)CC(C)C=CC2O1. The Morgan fingerprint density at radius 1 is 1.53 bits per heavy atom. The topological polar surface area (TPSA) is 9.23 Å². The van der Waals surface area contributed by atoms with Crippen molar-refractivity contribution >= 4 is 0 Å². The Labute approximate surface area is 105 Å². The van der Waals surface area contributed by atoms with Gasteiger partial charge in [0.15, 0.2) is 0 Å². The maximum Gasteiger partial charge on any atom is 0.126 e. The molecule has 2 rings (SSSR count). The zero-order valence-electron chi connectivity index (χ0n) is 11.3. The van der Waals surface area contributed by atoms with Crippen molar-refractivity contribution in [1.82, 2.24) is 0 Å². The van der Waals surface area contributed by atoms with Crippen LogP contribution in [0.1, 0.15) is 34.1 Å². The molecule has 0 radical (unpaired) electrons. The van der Waals surface area contributed by atoms with Gasteiger partial charge < -0.3 is 4.74 Å². The van der Waals surface area contributed by atoms with Crippen LogP contribution >= 0.6 is 0 Å². The molecule has 2 aliphatic rings. The number of allylic oxidation sites excluding steroid dienone is 4. The fourth-order valence-corrected chi connectivity index (χ4v) is 3.01. The van der Waals surface area contributed by atoms with Crippen molar-refractivity contribution in [2.45, 2.75) is 40.2 Å². The lowest BCUT2D eigenvalue weighted by Crippen LogP contribution is -2.33. The van der Waals surface area contributed by atoms with Gasteiger partial charge in [0, 0.05) is 5.41 Å². The second kappa shape index (κ2) is 4.21. The van der Waals surface area contributed by atoms with Gasteiger partial charge in [-0.05, 0) is 43.4 Å². The van der Waals surface area contributed by atoms with E-state index >= 15 is 0 Å². The van der Waals surface area contributed by atoms with E-state index in [2.05, 4.69) is 46.4 Å². The molecule has 0 bridgehead atoms. The van der Waals surface area contributed by atoms with E-state index in [1.807, 2.05) is 12.2 Å². The van der Waals surface area contributed by atoms with Crippen LogP contribution in [0.15, 0.2) is 47.8 Å². The molecule has 1 nitrogen and oxygen atoms in total. The number of rotatable bonds is 2. The smallest absolute Gasteiger partial charge is 0.126 e. The molecule has 3 unspecified atom stereocenters. The Balaban J connectivity index is 2.40. The van der Waals surface area contributed by atoms with Crippen LogP contribution in [0, 0.1) is 11.3 Å². The Morgan fingerprint density at radius 3 is 2.88 bits per heavy atom. The van der Waals surface area contributed by atoms with Crippen LogP contribution in [0.5, 0.6) is 0 Å². The summed E-state index contributed by atoms with van der Waals surface area (Å²) in [5.41, 5.74) is 2.73. The molecule has 0 saturated heterocycles. The van der Waals surface area contributed by atoms with E-state index in [4.69, 9.17) is 4.74 Å². The van der Waals surface area contributed by atoms with Gasteiger partial charge in [0.05, 0.1) is 0 Å². The van der Waals surface area contributed by atoms with Gasteiger partial charge in [-0.25, -0.2) is 0 Å². The minimum Gasteiger partial charge on any atom is -0.485 e. The molecule has 0 N–H and O–H groups in total. The van der Waals surface area contributed by atoms with E-state index in [0.29, 0.717) is 5.92 Å². The van der Waals surface area contributed by atoms with Crippen molar-refractivity contribution in [1.29, 1.82) is 0 Å². The molecular formula is C16H22O. The number of ether oxygens (including phenoxy) is 1. The maximum atomic E-state index is 6.12. The highest BCUT2D eigenvalue weighted by Crippen LogP contribution is 2.50. The zero-order chi connectivity index (χ0) is 12.6. The van der Waals surface area contributed by atoms with Gasteiger partial charge >= 0.3 is 0 Å². The van der Waals surface area contributed by atoms with Gasteiger partial charge in [-0.2, -0.15) is 0 Å². The molecule has 1 aliphatic heterocycles. The van der Waals surface area contributed by atoms with Crippen molar-refractivity contribution in [3.05, 3.63) is 47.8 Å². The predicted octanol–water partition coefficient (Wildman–Crippen LogP) is 4.39. The summed E-state index contributed by atoms with van der Waals surface area (Å²) in [5.74, 6) is 1.70. The van der Waals surface area contributed by atoms with Crippen LogP contribution in [0.25, 0.3) is 0 Å². The van der Waals surface area contributed by atoms with Gasteiger partial charge in [-0.3, -0.25) is 0 Å². The summed E-state index contributed by atoms with van der Waals surface area (Å²) in [5, 5.41) is 0. The van der Waals surface area contributed by atoms with Crippen LogP contribution in [0.3, 0.4) is 0 Å². The molecule has 0 saturated carbocycles. The third-order valence-corrected chi connectivity index (χ3v) is 4.16. The molecule has 1 heterocycles. The Hall–Kier alpha value is -1.24. The normalized spacial score (nSPS) is 36.8. The molecular weight excluding hydrogens is 208 g/mol. The average Bonchev–Trinajstić information content (AvgIpc) is 2.52. The molecule has 1 aliphatic carbocycles. The second-order valence-corrected chi connectivity index (χ2v) is 5.56. The quantitative estimate of drug-likeness (QED) is 0.505. The average molecular weight is 230 g/mol. The number of hydrogen-bond donors (Lipinski definition) is 0. The summed E-state index contributed by atoms with van der Waals surface area (Å²) in [6.07, 6.45) is 9.72. The van der Waals surface area contributed by atoms with Crippen molar-refractivity contribution in [3.8, 4) is 0 Å². The van der Waals surface area contributed by atoms with Crippen LogP contribution in [-0.2, 0) is 4.74 Å². The zero-order valence-corrected chi connectivity index (χ0v) is 11.3. The van der Waals surface area contributed by atoms with Crippen LogP contribution in [0.4, 0.5) is 0 Å². The maximum absolute atomic E-state index is 6.12. The molecule has 0 amide bonds. The minimum absolute atomic E-state index is 0.166. The summed E-state index contributed by atoms with van der Waals surface area (Å²) < 4.78 is 6.12. The summed E-state index contributed by atoms with van der Waals surface area (Å²) in [4.78, 5) is 0. The first-order valence-corrected chi connectivity index (χ1v) is 6.35. The predicted molar refractivity (Wildman–Crippen MR) is 72.6 cm³/mol. The monoisotopic (exact) mass is 230 g/mol. The van der Waals surface area contributed by atoms with Crippen LogP contribution in [0.2, 0.25) is 0 Å². The lowest BCUT2D eigenvalue weighted by atomic mass is 9.69. The Morgan fingerprint density at radius 2 is 2.24 bits per heavy atom. The summed E-state index contributed by atoms with van der Waals surface area (Å²) in [6, 6.07) is 0. The highest BCUT2D eigenvalue weighted by atomic mass is 16.5. The molecule has 0 aromatic rings. The van der Waals surface area contributed by atoms with Crippen LogP contribution < -0.4 is 0 Å². The third-order valence-electron chi connectivity index (χ3n) is 4.16. The number of fused-ring (bicyclic) bond motifs is 1. The first kappa shape index (κ1) is 12.2. The standard InChI is InChI=1S/C16H22O/c1-6-7-12(3)15-13(4)16(5)10-11(2)8-9-14(16)17-15/h6-9,11,14H,1,10H2,2-5H3/b12-7-. The van der Waals surface area contributed by atoms with Gasteiger partial charge in [0.25, 0.3) is 0 Å². The Kier molecular flexibility index (Phi) is 3.03. The fourth-order valence-electron chi connectivity index (χ4n) is 3.01. The molecule has 92 valence electrons. The van der Waals surface area contributed by atoms with Gasteiger partial charge in [-0.15, -0.1) is 0 Å². The van der Waals surface area contributed by atoms with Crippen molar-refractivity contribution in [2.75, 3.05) is 0 Å². The fraction of sp³-hybridized carbons (Fsp3) is 0.500. The van der Waals surface area contributed by atoms with E-state index in [-0.39, 0.29) is 11.5 Å². The lowest BCUT2D eigenvalue weighted by molar-refractivity contribution is 0.0908. The largest absolute Gasteiger partial charge is 0.485 e. The van der Waals surface area contributed by atoms with E-state index in [1.165, 1.54) is 17.6 Å². The van der Waals surface area contributed by atoms with Gasteiger partial charge in [-0.1, -0.05) is 38.7 Å². The third kappa shape index (κ3) is 1.88. The van der Waals surface area contributed by atoms with Crippen LogP contribution in [-0.4, -0.2) is 6.10 Å². The first-order valence-electron chi connectivity index (χ1n) is 6.35. The summed E-state index contributed by atoms with van der Waals surface area (Å²) >= 11 is 0. The van der Waals surface area contributed by atoms with Crippen molar-refractivity contribution in [3.63, 3.8) is 0 Å². The summed E-state index contributed by atoms with van der Waals surface area (Å²) in [7, 11) is 0. The van der Waals surface area contributed by atoms with E-state index in [9.17, 15) is 0 Å². The lowest BCUT2D eigenvalue weighted by Gasteiger charge is -2.35. The van der Waals surface area contributed by atoms with E-state index < -0.39 is 0 Å². The Bertz CT molecular complexity index is 425. The number of hydrogen-bond acceptors (Lipinski definition) is 1. The van der Waals surface area contributed by atoms with Gasteiger partial charge in [0.2, 0.25) is 0 Å². The minimum atomic E-state index is 0.166. The van der Waals surface area contributed by atoms with E-state index in [0.717, 1.165) is 5.76 Å². The molecule has 3 atom stereocenters. The highest BCUT2D eigenvalue weighted by Gasteiger charge is 2.46. The van der Waals surface area contributed by atoms with Crippen molar-refractivity contribution in [2.24, 2.45) is 11.3 Å². The molecule has 0 spiro atoms. The molecule has 0 aromatic carbocycles. The molecule has 0 aromatic heterocycles. The summed E-state index contributed by atoms with van der Waals surface area (Å²) in [6.45, 7) is 12.6. The second-order valence-electron chi connectivity index (χ2n) is 5.56. The molecule has 17 heavy (non-hydrogen) atoms. The highest BCUT2D eigenvalue weighted by molar-refractivity contribution is 5.40. The van der Waals surface area contributed by atoms with E-state index in [1.54, 1.807) is 0 Å².